The van der Waals surface area contributed by atoms with Crippen molar-refractivity contribution in [2.75, 3.05) is 23.0 Å². The monoisotopic (exact) mass is 370 g/mol. The third kappa shape index (κ3) is 3.85. The molecule has 0 aromatic heterocycles. The van der Waals surface area contributed by atoms with Gasteiger partial charge in [-0.2, -0.15) is 0 Å². The maximum atomic E-state index is 12.7. The highest BCUT2D eigenvalue weighted by molar-refractivity contribution is 7.98. The first-order chi connectivity index (χ1) is 12.4. The number of para-hydroxylation sites is 2. The Morgan fingerprint density at radius 3 is 2.73 bits per heavy atom. The smallest absolute Gasteiger partial charge is 0.270 e. The Labute approximate surface area is 157 Å². The molecule has 0 atom stereocenters. The Balaban J connectivity index is 1.70. The van der Waals surface area contributed by atoms with Gasteiger partial charge in [-0.1, -0.05) is 18.2 Å². The van der Waals surface area contributed by atoms with Crippen molar-refractivity contribution in [3.63, 3.8) is 0 Å². The fourth-order valence-electron chi connectivity index (χ4n) is 2.88. The van der Waals surface area contributed by atoms with Gasteiger partial charge in [0.2, 0.25) is 5.91 Å². The molecule has 0 radical (unpaired) electrons. The van der Waals surface area contributed by atoms with Crippen LogP contribution in [0, 0.1) is 0 Å². The number of hydrogen-bond acceptors (Lipinski definition) is 4. The van der Waals surface area contributed by atoms with E-state index in [0.717, 1.165) is 10.6 Å². The van der Waals surface area contributed by atoms with E-state index in [9.17, 15) is 9.59 Å². The molecule has 6 heteroatoms. The van der Waals surface area contributed by atoms with E-state index in [4.69, 9.17) is 4.74 Å². The van der Waals surface area contributed by atoms with Gasteiger partial charge < -0.3 is 15.0 Å². The first kappa shape index (κ1) is 18.3. The van der Waals surface area contributed by atoms with Crippen molar-refractivity contribution < 1.29 is 14.3 Å². The van der Waals surface area contributed by atoms with Crippen LogP contribution in [-0.4, -0.2) is 30.2 Å². The Bertz CT molecular complexity index is 835. The zero-order valence-electron chi connectivity index (χ0n) is 15.1. The van der Waals surface area contributed by atoms with Crippen molar-refractivity contribution in [2.45, 2.75) is 30.8 Å². The fraction of sp³-hybridized carbons (Fsp3) is 0.300. The zero-order valence-corrected chi connectivity index (χ0v) is 15.9. The van der Waals surface area contributed by atoms with Crippen molar-refractivity contribution in [3.8, 4) is 5.75 Å². The molecule has 3 rings (SSSR count). The molecular weight excluding hydrogens is 348 g/mol. The average molecular weight is 370 g/mol. The summed E-state index contributed by atoms with van der Waals surface area (Å²) in [5.41, 5.74) is 0.516. The molecule has 0 unspecified atom stereocenters. The van der Waals surface area contributed by atoms with E-state index in [2.05, 4.69) is 5.32 Å². The third-order valence-corrected chi connectivity index (χ3v) is 4.92. The van der Waals surface area contributed by atoms with Crippen LogP contribution in [0.1, 0.15) is 20.3 Å². The van der Waals surface area contributed by atoms with Gasteiger partial charge in [0, 0.05) is 23.5 Å². The molecule has 0 bridgehead atoms. The summed E-state index contributed by atoms with van der Waals surface area (Å²) in [4.78, 5) is 27.8. The van der Waals surface area contributed by atoms with Crippen LogP contribution in [0.3, 0.4) is 0 Å². The highest BCUT2D eigenvalue weighted by Gasteiger charge is 2.40. The van der Waals surface area contributed by atoms with Crippen LogP contribution in [-0.2, 0) is 9.59 Å². The van der Waals surface area contributed by atoms with Crippen molar-refractivity contribution in [2.24, 2.45) is 0 Å². The van der Waals surface area contributed by atoms with Gasteiger partial charge in [-0.3, -0.25) is 9.59 Å². The molecular formula is C20H22N2O3S. The van der Waals surface area contributed by atoms with Crippen molar-refractivity contribution >= 4 is 35.0 Å². The van der Waals surface area contributed by atoms with Crippen LogP contribution in [0.25, 0.3) is 0 Å². The number of carbonyl (C=O) groups is 2. The molecule has 0 saturated carbocycles. The predicted octanol–water partition coefficient (Wildman–Crippen LogP) is 3.94. The molecule has 5 nitrogen and oxygen atoms in total. The molecule has 2 aromatic carbocycles. The summed E-state index contributed by atoms with van der Waals surface area (Å²) in [5, 5.41) is 2.89. The number of ether oxygens (including phenoxy) is 1. The molecule has 1 heterocycles. The summed E-state index contributed by atoms with van der Waals surface area (Å²) < 4.78 is 5.80. The molecule has 26 heavy (non-hydrogen) atoms. The third-order valence-electron chi connectivity index (χ3n) is 4.20. The molecule has 136 valence electrons. The Hall–Kier alpha value is -2.47. The van der Waals surface area contributed by atoms with Crippen LogP contribution in [0.4, 0.5) is 11.4 Å². The maximum absolute atomic E-state index is 12.7. The Morgan fingerprint density at radius 1 is 1.19 bits per heavy atom. The van der Waals surface area contributed by atoms with E-state index in [-0.39, 0.29) is 18.2 Å². The second-order valence-electron chi connectivity index (χ2n) is 6.57. The first-order valence-corrected chi connectivity index (χ1v) is 9.67. The van der Waals surface area contributed by atoms with E-state index >= 15 is 0 Å². The minimum atomic E-state index is -0.947. The van der Waals surface area contributed by atoms with Gasteiger partial charge >= 0.3 is 0 Å². The van der Waals surface area contributed by atoms with Gasteiger partial charge in [0.05, 0.1) is 5.69 Å². The summed E-state index contributed by atoms with van der Waals surface area (Å²) in [6.45, 7) is 3.79. The summed E-state index contributed by atoms with van der Waals surface area (Å²) >= 11 is 1.62. The Morgan fingerprint density at radius 2 is 1.96 bits per heavy atom. The minimum absolute atomic E-state index is 0.127. The number of rotatable bonds is 5. The van der Waals surface area contributed by atoms with E-state index in [1.807, 2.05) is 54.8 Å². The number of carbonyl (C=O) groups excluding carboxylic acids is 2. The molecule has 2 amide bonds. The number of hydrogen-bond donors (Lipinski definition) is 1. The predicted molar refractivity (Wildman–Crippen MR) is 105 cm³/mol. The lowest BCUT2D eigenvalue weighted by atomic mass is 10.0. The number of nitrogens with zero attached hydrogens (tertiary/aromatic N) is 1. The maximum Gasteiger partial charge on any atom is 0.270 e. The van der Waals surface area contributed by atoms with Crippen molar-refractivity contribution in [3.05, 3.63) is 48.5 Å². The highest BCUT2D eigenvalue weighted by Crippen LogP contribution is 2.37. The SMILES string of the molecule is CSc1cccc(NC(=O)CCN2C(=O)C(C)(C)Oc3ccccc32)c1. The normalized spacial score (nSPS) is 15.2. The van der Waals surface area contributed by atoms with Gasteiger partial charge in [0.15, 0.2) is 5.60 Å². The van der Waals surface area contributed by atoms with Gasteiger partial charge in [0.25, 0.3) is 5.91 Å². The summed E-state index contributed by atoms with van der Waals surface area (Å²) in [6, 6.07) is 15.1. The van der Waals surface area contributed by atoms with Gasteiger partial charge in [0.1, 0.15) is 5.75 Å². The molecule has 0 spiro atoms. The van der Waals surface area contributed by atoms with E-state index in [1.165, 1.54) is 0 Å². The number of nitrogens with one attached hydrogen (secondary N) is 1. The van der Waals surface area contributed by atoms with Crippen LogP contribution in [0.15, 0.2) is 53.4 Å². The second kappa shape index (κ2) is 7.41. The average Bonchev–Trinajstić information content (AvgIpc) is 2.62. The lowest BCUT2D eigenvalue weighted by Gasteiger charge is -2.38. The van der Waals surface area contributed by atoms with Crippen LogP contribution in [0.5, 0.6) is 5.75 Å². The zero-order chi connectivity index (χ0) is 18.7. The van der Waals surface area contributed by atoms with E-state index < -0.39 is 5.60 Å². The summed E-state index contributed by atoms with van der Waals surface area (Å²) in [7, 11) is 0. The lowest BCUT2D eigenvalue weighted by molar-refractivity contribution is -0.132. The van der Waals surface area contributed by atoms with E-state index in [0.29, 0.717) is 18.0 Å². The quantitative estimate of drug-likeness (QED) is 0.810. The van der Waals surface area contributed by atoms with Crippen LogP contribution >= 0.6 is 11.8 Å². The molecule has 2 aromatic rings. The number of anilines is 2. The Kier molecular flexibility index (Phi) is 5.23. The second-order valence-corrected chi connectivity index (χ2v) is 7.45. The largest absolute Gasteiger partial charge is 0.476 e. The number of amides is 2. The molecule has 0 saturated heterocycles. The topological polar surface area (TPSA) is 58.6 Å². The lowest BCUT2D eigenvalue weighted by Crippen LogP contribution is -2.53. The molecule has 0 aliphatic carbocycles. The molecule has 1 aliphatic heterocycles. The number of fused-ring (bicyclic) bond motifs is 1. The number of thioether (sulfide) groups is 1. The van der Waals surface area contributed by atoms with Crippen molar-refractivity contribution in [1.82, 2.24) is 0 Å². The van der Waals surface area contributed by atoms with Crippen LogP contribution in [0.2, 0.25) is 0 Å². The molecule has 1 N–H and O–H groups in total. The standard InChI is InChI=1S/C20H22N2O3S/c1-20(2)19(24)22(16-9-4-5-10-17(16)25-20)12-11-18(23)21-14-7-6-8-15(13-14)26-3/h4-10,13H,11-12H2,1-3H3,(H,21,23). The van der Waals surface area contributed by atoms with Gasteiger partial charge in [-0.15, -0.1) is 11.8 Å². The fourth-order valence-corrected chi connectivity index (χ4v) is 3.34. The summed E-state index contributed by atoms with van der Waals surface area (Å²) in [5.74, 6) is 0.386. The summed E-state index contributed by atoms with van der Waals surface area (Å²) in [6.07, 6.45) is 2.20. The van der Waals surface area contributed by atoms with Crippen molar-refractivity contribution in [1.29, 1.82) is 0 Å². The highest BCUT2D eigenvalue weighted by atomic mass is 32.2. The van der Waals surface area contributed by atoms with Gasteiger partial charge in [-0.25, -0.2) is 0 Å². The minimum Gasteiger partial charge on any atom is -0.476 e. The van der Waals surface area contributed by atoms with Crippen LogP contribution < -0.4 is 15.0 Å². The molecule has 0 fully saturated rings. The van der Waals surface area contributed by atoms with Gasteiger partial charge in [-0.05, 0) is 50.4 Å². The first-order valence-electron chi connectivity index (χ1n) is 8.44. The molecule has 1 aliphatic rings. The number of benzene rings is 2. The van der Waals surface area contributed by atoms with E-state index in [1.54, 1.807) is 30.5 Å².